The Labute approximate surface area is 117 Å². The molecule has 0 saturated heterocycles. The van der Waals surface area contributed by atoms with Crippen molar-refractivity contribution < 1.29 is 4.74 Å². The predicted octanol–water partition coefficient (Wildman–Crippen LogP) is 3.10. The lowest BCUT2D eigenvalue weighted by Crippen LogP contribution is -2.35. The van der Waals surface area contributed by atoms with Crippen molar-refractivity contribution in [2.75, 3.05) is 7.11 Å². The molecule has 1 N–H and O–H groups in total. The van der Waals surface area contributed by atoms with Crippen LogP contribution in [0.1, 0.15) is 25.8 Å². The van der Waals surface area contributed by atoms with Crippen molar-refractivity contribution in [3.8, 4) is 16.3 Å². The summed E-state index contributed by atoms with van der Waals surface area (Å²) in [6.45, 7) is 7.15. The van der Waals surface area contributed by atoms with Gasteiger partial charge in [0.15, 0.2) is 0 Å². The van der Waals surface area contributed by atoms with Crippen LogP contribution in [0.15, 0.2) is 24.3 Å². The first-order valence-electron chi connectivity index (χ1n) is 6.20. The summed E-state index contributed by atoms with van der Waals surface area (Å²) in [5.74, 6) is 0.835. The Morgan fingerprint density at radius 3 is 2.74 bits per heavy atom. The topological polar surface area (TPSA) is 47.0 Å². The Balaban J connectivity index is 2.12. The van der Waals surface area contributed by atoms with E-state index in [0.717, 1.165) is 27.9 Å². The molecular formula is C14H19N3OS. The van der Waals surface area contributed by atoms with Gasteiger partial charge in [-0.05, 0) is 32.9 Å². The van der Waals surface area contributed by atoms with Crippen molar-refractivity contribution >= 4 is 11.3 Å². The van der Waals surface area contributed by atoms with Crippen LogP contribution in [-0.2, 0) is 6.54 Å². The molecule has 0 fully saturated rings. The molecule has 0 aliphatic heterocycles. The van der Waals surface area contributed by atoms with E-state index < -0.39 is 0 Å². The van der Waals surface area contributed by atoms with Gasteiger partial charge in [-0.15, -0.1) is 10.2 Å². The summed E-state index contributed by atoms with van der Waals surface area (Å²) in [4.78, 5) is 0. The number of methoxy groups -OCH3 is 1. The smallest absolute Gasteiger partial charge is 0.147 e. The molecule has 0 saturated carbocycles. The normalized spacial score (nSPS) is 11.6. The Bertz CT molecular complexity index is 546. The first kappa shape index (κ1) is 14.0. The van der Waals surface area contributed by atoms with Crippen molar-refractivity contribution in [3.63, 3.8) is 0 Å². The van der Waals surface area contributed by atoms with Crippen LogP contribution >= 0.6 is 11.3 Å². The Morgan fingerprint density at radius 2 is 2.05 bits per heavy atom. The van der Waals surface area contributed by atoms with Gasteiger partial charge in [0.25, 0.3) is 0 Å². The van der Waals surface area contributed by atoms with Gasteiger partial charge < -0.3 is 10.1 Å². The van der Waals surface area contributed by atoms with E-state index in [4.69, 9.17) is 4.74 Å². The quantitative estimate of drug-likeness (QED) is 0.933. The fourth-order valence-corrected chi connectivity index (χ4v) is 2.31. The lowest BCUT2D eigenvalue weighted by molar-refractivity contribution is 0.415. The van der Waals surface area contributed by atoms with Gasteiger partial charge in [-0.2, -0.15) is 0 Å². The summed E-state index contributed by atoms with van der Waals surface area (Å²) in [7, 11) is 1.66. The van der Waals surface area contributed by atoms with E-state index in [2.05, 4.69) is 36.3 Å². The van der Waals surface area contributed by atoms with E-state index in [1.165, 1.54) is 0 Å². The zero-order valence-corrected chi connectivity index (χ0v) is 12.5. The number of rotatable bonds is 4. The van der Waals surface area contributed by atoms with E-state index in [0.29, 0.717) is 0 Å². The molecule has 1 aromatic heterocycles. The van der Waals surface area contributed by atoms with Crippen LogP contribution in [0.4, 0.5) is 0 Å². The van der Waals surface area contributed by atoms with Crippen LogP contribution in [0.5, 0.6) is 5.75 Å². The summed E-state index contributed by atoms with van der Waals surface area (Å²) in [5, 5.41) is 13.8. The van der Waals surface area contributed by atoms with Crippen LogP contribution in [0.25, 0.3) is 10.6 Å². The number of hydrogen-bond acceptors (Lipinski definition) is 5. The first-order chi connectivity index (χ1) is 8.98. The molecule has 19 heavy (non-hydrogen) atoms. The highest BCUT2D eigenvalue weighted by atomic mass is 32.1. The molecule has 0 bridgehead atoms. The van der Waals surface area contributed by atoms with Gasteiger partial charge in [-0.1, -0.05) is 23.5 Å². The molecule has 0 amide bonds. The molecule has 5 heteroatoms. The zero-order chi connectivity index (χ0) is 13.9. The summed E-state index contributed by atoms with van der Waals surface area (Å²) < 4.78 is 5.22. The van der Waals surface area contributed by atoms with Crippen LogP contribution in [0.3, 0.4) is 0 Å². The molecule has 0 spiro atoms. The van der Waals surface area contributed by atoms with Gasteiger partial charge in [-0.3, -0.25) is 0 Å². The predicted molar refractivity (Wildman–Crippen MR) is 78.5 cm³/mol. The standard InChI is InChI=1S/C14H19N3OS/c1-14(2,3)15-9-12-16-17-13(19-12)10-6-5-7-11(8-10)18-4/h5-8,15H,9H2,1-4H3. The minimum absolute atomic E-state index is 0.0851. The van der Waals surface area contributed by atoms with Gasteiger partial charge in [0.2, 0.25) is 0 Å². The maximum Gasteiger partial charge on any atom is 0.147 e. The molecule has 1 aromatic carbocycles. The van der Waals surface area contributed by atoms with Crippen molar-refractivity contribution in [3.05, 3.63) is 29.3 Å². The minimum Gasteiger partial charge on any atom is -0.497 e. The maximum absolute atomic E-state index is 5.22. The number of nitrogens with one attached hydrogen (secondary N) is 1. The molecule has 4 nitrogen and oxygen atoms in total. The Kier molecular flexibility index (Phi) is 4.17. The van der Waals surface area contributed by atoms with Gasteiger partial charge in [0.05, 0.1) is 13.7 Å². The van der Waals surface area contributed by atoms with Gasteiger partial charge in [-0.25, -0.2) is 0 Å². The average Bonchev–Trinajstić information content (AvgIpc) is 2.84. The number of nitrogens with zero attached hydrogens (tertiary/aromatic N) is 2. The van der Waals surface area contributed by atoms with Gasteiger partial charge in [0.1, 0.15) is 15.8 Å². The Hall–Kier alpha value is -1.46. The van der Waals surface area contributed by atoms with Crippen molar-refractivity contribution in [2.45, 2.75) is 32.9 Å². The fourth-order valence-electron chi connectivity index (χ4n) is 1.54. The third kappa shape index (κ3) is 4.01. The number of benzene rings is 1. The summed E-state index contributed by atoms with van der Waals surface area (Å²) in [5.41, 5.74) is 1.13. The molecular weight excluding hydrogens is 258 g/mol. The number of hydrogen-bond donors (Lipinski definition) is 1. The van der Waals surface area contributed by atoms with E-state index >= 15 is 0 Å². The van der Waals surface area contributed by atoms with E-state index in [1.807, 2.05) is 24.3 Å². The molecule has 0 radical (unpaired) electrons. The molecule has 102 valence electrons. The van der Waals surface area contributed by atoms with Crippen molar-refractivity contribution in [1.29, 1.82) is 0 Å². The second-order valence-electron chi connectivity index (χ2n) is 5.34. The molecule has 2 aromatic rings. The van der Waals surface area contributed by atoms with E-state index in [-0.39, 0.29) is 5.54 Å². The minimum atomic E-state index is 0.0851. The Morgan fingerprint density at radius 1 is 1.26 bits per heavy atom. The lowest BCUT2D eigenvalue weighted by Gasteiger charge is -2.19. The summed E-state index contributed by atoms with van der Waals surface area (Å²) in [6, 6.07) is 7.88. The third-order valence-electron chi connectivity index (χ3n) is 2.55. The molecule has 0 atom stereocenters. The van der Waals surface area contributed by atoms with Crippen molar-refractivity contribution in [1.82, 2.24) is 15.5 Å². The second-order valence-corrected chi connectivity index (χ2v) is 6.40. The summed E-state index contributed by atoms with van der Waals surface area (Å²) in [6.07, 6.45) is 0. The highest BCUT2D eigenvalue weighted by Crippen LogP contribution is 2.26. The van der Waals surface area contributed by atoms with Gasteiger partial charge >= 0.3 is 0 Å². The van der Waals surface area contributed by atoms with Crippen molar-refractivity contribution in [2.24, 2.45) is 0 Å². The molecule has 0 unspecified atom stereocenters. The van der Waals surface area contributed by atoms with Crippen LogP contribution in [-0.4, -0.2) is 22.8 Å². The highest BCUT2D eigenvalue weighted by Gasteiger charge is 2.12. The number of aromatic nitrogens is 2. The highest BCUT2D eigenvalue weighted by molar-refractivity contribution is 7.14. The second kappa shape index (κ2) is 5.67. The fraction of sp³-hybridized carbons (Fsp3) is 0.429. The van der Waals surface area contributed by atoms with Crippen LogP contribution in [0.2, 0.25) is 0 Å². The summed E-state index contributed by atoms with van der Waals surface area (Å²) >= 11 is 1.61. The van der Waals surface area contributed by atoms with Crippen LogP contribution < -0.4 is 10.1 Å². The lowest BCUT2D eigenvalue weighted by atomic mass is 10.1. The monoisotopic (exact) mass is 277 g/mol. The average molecular weight is 277 g/mol. The SMILES string of the molecule is COc1cccc(-c2nnc(CNC(C)(C)C)s2)c1. The molecule has 0 aliphatic rings. The van der Waals surface area contributed by atoms with Crippen LogP contribution in [0, 0.1) is 0 Å². The molecule has 0 aliphatic carbocycles. The van der Waals surface area contributed by atoms with E-state index in [1.54, 1.807) is 18.4 Å². The maximum atomic E-state index is 5.22. The van der Waals surface area contributed by atoms with Gasteiger partial charge in [0, 0.05) is 11.1 Å². The third-order valence-corrected chi connectivity index (χ3v) is 3.53. The molecule has 2 rings (SSSR count). The molecule has 1 heterocycles. The zero-order valence-electron chi connectivity index (χ0n) is 11.7. The largest absolute Gasteiger partial charge is 0.497 e. The van der Waals surface area contributed by atoms with E-state index in [9.17, 15) is 0 Å². The number of ether oxygens (including phenoxy) is 1. The first-order valence-corrected chi connectivity index (χ1v) is 7.01.